The van der Waals surface area contributed by atoms with E-state index in [0.29, 0.717) is 5.92 Å². The Bertz CT molecular complexity index is 251. The number of hydrogen-bond donors (Lipinski definition) is 1. The van der Waals surface area contributed by atoms with E-state index < -0.39 is 5.97 Å². The number of aliphatic carboxylic acids is 1. The monoisotopic (exact) mass is 210 g/mol. The molecule has 15 heavy (non-hydrogen) atoms. The van der Waals surface area contributed by atoms with Gasteiger partial charge in [-0.05, 0) is 25.2 Å². The molecule has 0 aliphatic carbocycles. The highest BCUT2D eigenvalue weighted by molar-refractivity contribution is 5.80. The van der Waals surface area contributed by atoms with E-state index >= 15 is 0 Å². The van der Waals surface area contributed by atoms with Crippen LogP contribution in [0.1, 0.15) is 40.5 Å². The van der Waals surface area contributed by atoms with Crippen molar-refractivity contribution in [1.29, 1.82) is 0 Å². The molecule has 2 nitrogen and oxygen atoms in total. The SMILES string of the molecule is CCC(C)CC(C)C=C(C)C=CC(=O)O. The quantitative estimate of drug-likeness (QED) is 0.536. The molecule has 0 aromatic rings. The largest absolute Gasteiger partial charge is 0.478 e. The Morgan fingerprint density at radius 1 is 1.33 bits per heavy atom. The van der Waals surface area contributed by atoms with E-state index in [0.717, 1.165) is 17.9 Å². The molecule has 0 bridgehead atoms. The molecule has 0 aliphatic rings. The number of allylic oxidation sites excluding steroid dienone is 3. The lowest BCUT2D eigenvalue weighted by atomic mass is 9.94. The van der Waals surface area contributed by atoms with E-state index in [1.807, 2.05) is 6.92 Å². The van der Waals surface area contributed by atoms with Gasteiger partial charge in [-0.25, -0.2) is 4.79 Å². The third kappa shape index (κ3) is 7.98. The van der Waals surface area contributed by atoms with Crippen molar-refractivity contribution in [2.24, 2.45) is 11.8 Å². The van der Waals surface area contributed by atoms with Crippen LogP contribution >= 0.6 is 0 Å². The van der Waals surface area contributed by atoms with Crippen molar-refractivity contribution in [2.45, 2.75) is 40.5 Å². The molecule has 86 valence electrons. The fraction of sp³-hybridized carbons (Fsp3) is 0.615. The summed E-state index contributed by atoms with van der Waals surface area (Å²) < 4.78 is 0. The second kappa shape index (κ2) is 7.27. The minimum atomic E-state index is -0.891. The second-order valence-corrected chi connectivity index (χ2v) is 4.31. The molecule has 0 heterocycles. The van der Waals surface area contributed by atoms with Crippen LogP contribution < -0.4 is 0 Å². The summed E-state index contributed by atoms with van der Waals surface area (Å²) in [7, 11) is 0. The van der Waals surface area contributed by atoms with Gasteiger partial charge in [-0.2, -0.15) is 0 Å². The summed E-state index contributed by atoms with van der Waals surface area (Å²) in [4.78, 5) is 10.3. The van der Waals surface area contributed by atoms with Crippen molar-refractivity contribution >= 4 is 5.97 Å². The van der Waals surface area contributed by atoms with Crippen LogP contribution in [0.4, 0.5) is 0 Å². The van der Waals surface area contributed by atoms with Gasteiger partial charge in [0, 0.05) is 6.08 Å². The lowest BCUT2D eigenvalue weighted by molar-refractivity contribution is -0.131. The molecule has 0 amide bonds. The first kappa shape index (κ1) is 13.9. The number of hydrogen-bond acceptors (Lipinski definition) is 1. The van der Waals surface area contributed by atoms with E-state index in [-0.39, 0.29) is 0 Å². The minimum absolute atomic E-state index is 0.512. The van der Waals surface area contributed by atoms with Gasteiger partial charge < -0.3 is 5.11 Å². The van der Waals surface area contributed by atoms with Crippen LogP contribution in [0, 0.1) is 11.8 Å². The molecule has 0 saturated carbocycles. The Morgan fingerprint density at radius 3 is 2.40 bits per heavy atom. The van der Waals surface area contributed by atoms with Crippen molar-refractivity contribution < 1.29 is 9.90 Å². The predicted octanol–water partition coefficient (Wildman–Crippen LogP) is 3.65. The molecule has 1 N–H and O–H groups in total. The maximum atomic E-state index is 10.3. The number of rotatable bonds is 6. The van der Waals surface area contributed by atoms with Crippen molar-refractivity contribution in [3.63, 3.8) is 0 Å². The van der Waals surface area contributed by atoms with E-state index in [1.165, 1.54) is 12.5 Å². The third-order valence-corrected chi connectivity index (χ3v) is 2.51. The molecule has 0 aromatic heterocycles. The van der Waals surface area contributed by atoms with Crippen LogP contribution in [0.3, 0.4) is 0 Å². The molecule has 2 atom stereocenters. The molecule has 0 saturated heterocycles. The summed E-state index contributed by atoms with van der Waals surface area (Å²) in [6, 6.07) is 0. The van der Waals surface area contributed by atoms with Crippen molar-refractivity contribution in [3.05, 3.63) is 23.8 Å². The standard InChI is InChI=1S/C13H22O2/c1-5-10(2)8-12(4)9-11(3)6-7-13(14)15/h6-7,9-10,12H,5,8H2,1-4H3,(H,14,15). The van der Waals surface area contributed by atoms with Crippen molar-refractivity contribution in [1.82, 2.24) is 0 Å². The summed E-state index contributed by atoms with van der Waals surface area (Å²) in [6.07, 6.45) is 7.32. The fourth-order valence-corrected chi connectivity index (χ4v) is 1.58. The highest BCUT2D eigenvalue weighted by atomic mass is 16.4. The summed E-state index contributed by atoms with van der Waals surface area (Å²) in [6.45, 7) is 8.54. The van der Waals surface area contributed by atoms with Gasteiger partial charge in [0.2, 0.25) is 0 Å². The first-order valence-electron chi connectivity index (χ1n) is 5.55. The van der Waals surface area contributed by atoms with Gasteiger partial charge >= 0.3 is 5.97 Å². The van der Waals surface area contributed by atoms with Crippen LogP contribution in [0.2, 0.25) is 0 Å². The normalized spacial score (nSPS) is 16.7. The second-order valence-electron chi connectivity index (χ2n) is 4.31. The first-order valence-corrected chi connectivity index (χ1v) is 5.55. The predicted molar refractivity (Wildman–Crippen MR) is 63.8 cm³/mol. The Kier molecular flexibility index (Phi) is 6.76. The summed E-state index contributed by atoms with van der Waals surface area (Å²) >= 11 is 0. The van der Waals surface area contributed by atoms with Gasteiger partial charge in [0.15, 0.2) is 0 Å². The molecule has 0 aliphatic heterocycles. The van der Waals surface area contributed by atoms with Gasteiger partial charge in [-0.3, -0.25) is 0 Å². The lowest BCUT2D eigenvalue weighted by Crippen LogP contribution is -2.00. The lowest BCUT2D eigenvalue weighted by Gasteiger charge is -2.12. The summed E-state index contributed by atoms with van der Waals surface area (Å²) in [5.41, 5.74) is 1.02. The van der Waals surface area contributed by atoms with Gasteiger partial charge in [0.05, 0.1) is 0 Å². The highest BCUT2D eigenvalue weighted by Gasteiger charge is 2.04. The fourth-order valence-electron chi connectivity index (χ4n) is 1.58. The van der Waals surface area contributed by atoms with Crippen molar-refractivity contribution in [2.75, 3.05) is 0 Å². The Morgan fingerprint density at radius 2 is 1.93 bits per heavy atom. The average molecular weight is 210 g/mol. The van der Waals surface area contributed by atoms with E-state index in [9.17, 15) is 4.79 Å². The molecular weight excluding hydrogens is 188 g/mol. The Balaban J connectivity index is 4.16. The molecule has 2 heteroatoms. The Hall–Kier alpha value is -1.05. The summed E-state index contributed by atoms with van der Waals surface area (Å²) in [5.74, 6) is 0.350. The molecule has 0 fully saturated rings. The minimum Gasteiger partial charge on any atom is -0.478 e. The molecule has 2 unspecified atom stereocenters. The van der Waals surface area contributed by atoms with Crippen LogP contribution in [0.25, 0.3) is 0 Å². The van der Waals surface area contributed by atoms with E-state index in [1.54, 1.807) is 6.08 Å². The van der Waals surface area contributed by atoms with Crippen LogP contribution in [-0.2, 0) is 4.79 Å². The van der Waals surface area contributed by atoms with Crippen LogP contribution in [-0.4, -0.2) is 11.1 Å². The van der Waals surface area contributed by atoms with E-state index in [4.69, 9.17) is 5.11 Å². The zero-order valence-corrected chi connectivity index (χ0v) is 10.2. The topological polar surface area (TPSA) is 37.3 Å². The molecule has 0 aromatic carbocycles. The third-order valence-electron chi connectivity index (χ3n) is 2.51. The molecular formula is C13H22O2. The average Bonchev–Trinajstić information content (AvgIpc) is 2.14. The maximum Gasteiger partial charge on any atom is 0.328 e. The van der Waals surface area contributed by atoms with Crippen LogP contribution in [0.5, 0.6) is 0 Å². The zero-order valence-electron chi connectivity index (χ0n) is 10.2. The molecule has 0 radical (unpaired) electrons. The summed E-state index contributed by atoms with van der Waals surface area (Å²) in [5, 5.41) is 8.47. The van der Waals surface area contributed by atoms with Gasteiger partial charge in [0.25, 0.3) is 0 Å². The maximum absolute atomic E-state index is 10.3. The number of carboxylic acids is 1. The molecule has 0 rings (SSSR count). The van der Waals surface area contributed by atoms with E-state index in [2.05, 4.69) is 26.8 Å². The number of carbonyl (C=O) groups is 1. The smallest absolute Gasteiger partial charge is 0.328 e. The zero-order chi connectivity index (χ0) is 11.8. The first-order chi connectivity index (χ1) is 6.95. The Labute approximate surface area is 92.7 Å². The van der Waals surface area contributed by atoms with Crippen LogP contribution in [0.15, 0.2) is 23.8 Å². The molecule has 0 spiro atoms. The number of carboxylic acid groups (broad SMARTS) is 1. The highest BCUT2D eigenvalue weighted by Crippen LogP contribution is 2.17. The van der Waals surface area contributed by atoms with Gasteiger partial charge in [0.1, 0.15) is 0 Å². The van der Waals surface area contributed by atoms with Gasteiger partial charge in [-0.1, -0.05) is 44.9 Å². The van der Waals surface area contributed by atoms with Crippen molar-refractivity contribution in [3.8, 4) is 0 Å². The van der Waals surface area contributed by atoms with Gasteiger partial charge in [-0.15, -0.1) is 0 Å².